The van der Waals surface area contributed by atoms with Gasteiger partial charge in [0.1, 0.15) is 5.52 Å². The monoisotopic (exact) mass is 385 g/mol. The van der Waals surface area contributed by atoms with Crippen molar-refractivity contribution >= 4 is 55.3 Å². The summed E-state index contributed by atoms with van der Waals surface area (Å²) in [7, 11) is 2.70. The molecule has 0 fully saturated rings. The highest BCUT2D eigenvalue weighted by molar-refractivity contribution is 8.82. The molecular weight excluding hydrogens is 374 g/mol. The molecule has 2 aromatic carbocycles. The van der Waals surface area contributed by atoms with Gasteiger partial charge in [-0.25, -0.2) is 19.6 Å². The molecule has 130 valence electrons. The number of benzene rings is 2. The summed E-state index contributed by atoms with van der Waals surface area (Å²) in [4.78, 5) is 34.4. The molecule has 0 bridgehead atoms. The predicted molar refractivity (Wildman–Crippen MR) is 101 cm³/mol. The van der Waals surface area contributed by atoms with Gasteiger partial charge < -0.3 is 15.2 Å². The topological polar surface area (TPSA) is 116 Å². The summed E-state index contributed by atoms with van der Waals surface area (Å²) >= 11 is 0. The Hall–Kier alpha value is -2.78. The zero-order valence-electron chi connectivity index (χ0n) is 13.1. The van der Waals surface area contributed by atoms with Gasteiger partial charge in [0.05, 0.1) is 27.4 Å². The van der Waals surface area contributed by atoms with E-state index in [4.69, 9.17) is 0 Å². The van der Waals surface area contributed by atoms with Crippen LogP contribution in [0, 0.1) is 0 Å². The van der Waals surface area contributed by atoms with Crippen LogP contribution in [0.4, 0.5) is 5.69 Å². The summed E-state index contributed by atoms with van der Waals surface area (Å²) in [5.74, 6) is -2.02. The molecule has 1 aromatic heterocycles. The number of aromatic nitrogens is 2. The summed E-state index contributed by atoms with van der Waals surface area (Å²) in [5, 5.41) is 19.8. The number of rotatable bonds is 4. The normalized spacial score (nSPS) is 12.8. The minimum Gasteiger partial charge on any atom is -0.478 e. The molecule has 0 radical (unpaired) electrons. The summed E-state index contributed by atoms with van der Waals surface area (Å²) in [6.07, 6.45) is 0.564. The third-order valence-electron chi connectivity index (χ3n) is 3.87. The van der Waals surface area contributed by atoms with Crippen LogP contribution in [0.2, 0.25) is 0 Å². The van der Waals surface area contributed by atoms with E-state index in [2.05, 4.69) is 15.0 Å². The Morgan fingerprint density at radius 3 is 2.50 bits per heavy atom. The van der Waals surface area contributed by atoms with Crippen molar-refractivity contribution in [1.29, 1.82) is 0 Å². The minimum absolute atomic E-state index is 0.146. The van der Waals surface area contributed by atoms with Gasteiger partial charge in [-0.2, -0.15) is 0 Å². The number of nitrogens with one attached hydrogen (secondary N) is 1. The van der Waals surface area contributed by atoms with E-state index in [1.165, 1.54) is 33.7 Å². The number of carboxylic acids is 2. The van der Waals surface area contributed by atoms with Gasteiger partial charge in [-0.3, -0.25) is 0 Å². The van der Waals surface area contributed by atoms with E-state index in [0.717, 1.165) is 10.6 Å². The van der Waals surface area contributed by atoms with E-state index in [1.807, 2.05) is 6.07 Å². The second-order valence-electron chi connectivity index (χ2n) is 5.52. The number of carboxylic acid groups (broad SMARTS) is 2. The van der Waals surface area contributed by atoms with Crippen molar-refractivity contribution < 1.29 is 19.8 Å². The van der Waals surface area contributed by atoms with Gasteiger partial charge in [0.25, 0.3) is 0 Å². The fraction of sp³-hybridized carbons (Fsp3) is 0.0588. The van der Waals surface area contributed by atoms with Crippen LogP contribution in [0.3, 0.4) is 0 Å². The van der Waals surface area contributed by atoms with Crippen LogP contribution in [-0.2, 0) is 6.42 Å². The number of aromatic carboxylic acids is 2. The molecule has 7 nitrogen and oxygen atoms in total. The van der Waals surface area contributed by atoms with Gasteiger partial charge >= 0.3 is 11.9 Å². The van der Waals surface area contributed by atoms with Crippen molar-refractivity contribution in [3.8, 4) is 0 Å². The van der Waals surface area contributed by atoms with E-state index >= 15 is 0 Å². The van der Waals surface area contributed by atoms with Crippen LogP contribution in [0.1, 0.15) is 26.3 Å². The lowest BCUT2D eigenvalue weighted by molar-refractivity contribution is 0.0687. The molecule has 0 aliphatic carbocycles. The number of hydrogen-bond acceptors (Lipinski definition) is 6. The number of para-hydroxylation sites is 2. The van der Waals surface area contributed by atoms with Crippen LogP contribution >= 0.6 is 21.6 Å². The van der Waals surface area contributed by atoms with E-state index in [0.29, 0.717) is 28.3 Å². The van der Waals surface area contributed by atoms with Crippen molar-refractivity contribution in [3.05, 3.63) is 53.1 Å². The predicted octanol–water partition coefficient (Wildman–Crippen LogP) is 3.99. The lowest BCUT2D eigenvalue weighted by atomic mass is 10.1. The maximum atomic E-state index is 11.3. The third kappa shape index (κ3) is 2.95. The first-order chi connectivity index (χ1) is 12.5. The molecule has 1 aliphatic rings. The van der Waals surface area contributed by atoms with E-state index < -0.39 is 11.9 Å². The Bertz CT molecular complexity index is 1090. The molecule has 0 unspecified atom stereocenters. The zero-order valence-corrected chi connectivity index (χ0v) is 14.7. The first kappa shape index (κ1) is 16.7. The van der Waals surface area contributed by atoms with E-state index in [1.54, 1.807) is 18.2 Å². The molecular formula is C17H11N3O4S2. The van der Waals surface area contributed by atoms with Crippen LogP contribution in [-0.4, -0.2) is 37.2 Å². The highest BCUT2D eigenvalue weighted by atomic mass is 33.1. The number of aromatic amines is 1. The molecule has 3 N–H and O–H groups in total. The molecule has 4 rings (SSSR count). The number of carbonyl (C=O) groups is 2. The first-order valence-electron chi connectivity index (χ1n) is 7.52. The van der Waals surface area contributed by atoms with Crippen LogP contribution in [0.15, 0.2) is 46.5 Å². The summed E-state index contributed by atoms with van der Waals surface area (Å²) in [6, 6.07) is 10.1. The Kier molecular flexibility index (Phi) is 4.17. The Labute approximate surface area is 155 Å². The number of H-pyrrole nitrogens is 1. The number of fused-ring (bicyclic) bond motifs is 2. The summed E-state index contributed by atoms with van der Waals surface area (Å²) in [6.45, 7) is 0. The fourth-order valence-corrected chi connectivity index (χ4v) is 4.57. The van der Waals surface area contributed by atoms with Gasteiger partial charge in [0.2, 0.25) is 0 Å². The standard InChI is InChI=1S/C17H11N3O4S2/c21-15(22)9-4-1-3-8-7-12(19-13(8)9)25-26-17-18-11-6-2-5-10(16(23)24)14(11)20-17/h1-6H,7H2,(H,18,20)(H,21,22)(H,23,24). The fourth-order valence-electron chi connectivity index (χ4n) is 2.72. The molecule has 1 aliphatic heterocycles. The molecule has 0 atom stereocenters. The molecule has 3 aromatic rings. The van der Waals surface area contributed by atoms with Gasteiger partial charge in [0, 0.05) is 6.42 Å². The van der Waals surface area contributed by atoms with Gasteiger partial charge in [-0.05, 0) is 45.4 Å². The third-order valence-corrected chi connectivity index (χ3v) is 6.03. The number of imidazole rings is 1. The molecule has 0 saturated heterocycles. The zero-order chi connectivity index (χ0) is 18.3. The largest absolute Gasteiger partial charge is 0.478 e. The van der Waals surface area contributed by atoms with Crippen LogP contribution < -0.4 is 0 Å². The van der Waals surface area contributed by atoms with Crippen molar-refractivity contribution in [2.24, 2.45) is 4.99 Å². The van der Waals surface area contributed by atoms with Gasteiger partial charge in [-0.1, -0.05) is 18.2 Å². The Morgan fingerprint density at radius 2 is 1.73 bits per heavy atom. The van der Waals surface area contributed by atoms with Crippen LogP contribution in [0.5, 0.6) is 0 Å². The van der Waals surface area contributed by atoms with E-state index in [-0.39, 0.29) is 11.1 Å². The Morgan fingerprint density at radius 1 is 1.00 bits per heavy atom. The average Bonchev–Trinajstić information content (AvgIpc) is 3.21. The molecule has 26 heavy (non-hydrogen) atoms. The average molecular weight is 385 g/mol. The SMILES string of the molecule is O=C(O)c1cccc2c1N=C(SSc1nc3c(C(=O)O)cccc3[nH]1)C2. The molecule has 2 heterocycles. The molecule has 9 heteroatoms. The van der Waals surface area contributed by atoms with Crippen LogP contribution in [0.25, 0.3) is 11.0 Å². The lowest BCUT2D eigenvalue weighted by Crippen LogP contribution is -1.96. The number of aliphatic imine (C=N–C) groups is 1. The van der Waals surface area contributed by atoms with Gasteiger partial charge in [-0.15, -0.1) is 0 Å². The first-order valence-corrected chi connectivity index (χ1v) is 9.67. The lowest BCUT2D eigenvalue weighted by Gasteiger charge is -1.99. The van der Waals surface area contributed by atoms with E-state index in [9.17, 15) is 19.8 Å². The second-order valence-corrected chi connectivity index (χ2v) is 7.71. The summed E-state index contributed by atoms with van der Waals surface area (Å²) in [5.41, 5.74) is 2.78. The van der Waals surface area contributed by atoms with Crippen molar-refractivity contribution in [3.63, 3.8) is 0 Å². The maximum absolute atomic E-state index is 11.3. The molecule has 0 spiro atoms. The van der Waals surface area contributed by atoms with Crippen molar-refractivity contribution in [1.82, 2.24) is 9.97 Å². The highest BCUT2D eigenvalue weighted by Crippen LogP contribution is 2.39. The Balaban J connectivity index is 1.55. The maximum Gasteiger partial charge on any atom is 0.337 e. The highest BCUT2D eigenvalue weighted by Gasteiger charge is 2.22. The molecule has 0 saturated carbocycles. The van der Waals surface area contributed by atoms with Crippen molar-refractivity contribution in [2.45, 2.75) is 11.6 Å². The minimum atomic E-state index is -1.02. The van der Waals surface area contributed by atoms with Gasteiger partial charge in [0.15, 0.2) is 5.16 Å². The summed E-state index contributed by atoms with van der Waals surface area (Å²) < 4.78 is 0. The molecule has 0 amide bonds. The quantitative estimate of drug-likeness (QED) is 0.582. The number of nitrogens with zero attached hydrogens (tertiary/aromatic N) is 2. The number of hydrogen-bond donors (Lipinski definition) is 3. The second kappa shape index (κ2) is 6.50. The smallest absolute Gasteiger partial charge is 0.337 e. The van der Waals surface area contributed by atoms with Crippen molar-refractivity contribution in [2.75, 3.05) is 0 Å².